The molecule has 9 heteroatoms. The molecule has 1 fully saturated rings. The Morgan fingerprint density at radius 1 is 1.11 bits per heavy atom. The topological polar surface area (TPSA) is 93.5 Å². The number of H-pyrrole nitrogens is 1. The number of imidazole rings is 1. The van der Waals surface area contributed by atoms with Gasteiger partial charge in [-0.3, -0.25) is 9.67 Å². The van der Waals surface area contributed by atoms with Crippen LogP contribution in [0.3, 0.4) is 0 Å². The van der Waals surface area contributed by atoms with E-state index in [0.717, 1.165) is 47.5 Å². The molecule has 0 spiro atoms. The number of nitrogens with zero attached hydrogens (tertiary/aromatic N) is 5. The van der Waals surface area contributed by atoms with Gasteiger partial charge in [-0.15, -0.1) is 0 Å². The van der Waals surface area contributed by atoms with Gasteiger partial charge in [0.15, 0.2) is 0 Å². The van der Waals surface area contributed by atoms with E-state index in [9.17, 15) is 0 Å². The zero-order chi connectivity index (χ0) is 24.2. The molecule has 1 aliphatic heterocycles. The Bertz CT molecular complexity index is 1550. The fourth-order valence-electron chi connectivity index (χ4n) is 4.79. The minimum atomic E-state index is 0.0997. The number of nitrogens with one attached hydrogen (secondary N) is 2. The normalized spacial score (nSPS) is 17.8. The number of aromatic nitrogens is 6. The maximum absolute atomic E-state index is 6.76. The lowest BCUT2D eigenvalue weighted by atomic mass is 9.89. The van der Waals surface area contributed by atoms with E-state index in [1.165, 1.54) is 0 Å². The Morgan fingerprint density at radius 3 is 2.83 bits per heavy atom. The first-order chi connectivity index (χ1) is 16.8. The largest absolute Gasteiger partial charge is 0.456 e. The van der Waals surface area contributed by atoms with Crippen molar-refractivity contribution < 1.29 is 4.74 Å². The lowest BCUT2D eigenvalue weighted by Gasteiger charge is -2.36. The number of hydrogen-bond acceptors (Lipinski definition) is 6. The number of benzene rings is 2. The zero-order valence-corrected chi connectivity index (χ0v) is 20.6. The van der Waals surface area contributed by atoms with Crippen molar-refractivity contribution in [2.24, 2.45) is 0 Å². The molecule has 2 N–H and O–H groups in total. The highest BCUT2D eigenvalue weighted by molar-refractivity contribution is 6.36. The smallest absolute Gasteiger partial charge is 0.148 e. The first-order valence-electron chi connectivity index (χ1n) is 11.7. The van der Waals surface area contributed by atoms with Gasteiger partial charge >= 0.3 is 0 Å². The zero-order valence-electron chi connectivity index (χ0n) is 19.8. The molecule has 4 heterocycles. The molecule has 35 heavy (non-hydrogen) atoms. The molecule has 1 aliphatic rings. The second-order valence-electron chi connectivity index (χ2n) is 9.77. The average molecular weight is 488 g/mol. The highest BCUT2D eigenvalue weighted by Gasteiger charge is 2.29. The highest BCUT2D eigenvalue weighted by Crippen LogP contribution is 2.36. The van der Waals surface area contributed by atoms with Gasteiger partial charge in [0.25, 0.3) is 0 Å². The van der Waals surface area contributed by atoms with Crippen LogP contribution in [-0.4, -0.2) is 41.8 Å². The van der Waals surface area contributed by atoms with Crippen LogP contribution in [-0.2, 0) is 0 Å². The Labute approximate surface area is 207 Å². The molecule has 5 aromatic rings. The number of rotatable bonds is 4. The summed E-state index contributed by atoms with van der Waals surface area (Å²) in [5.74, 6) is 2.04. The maximum atomic E-state index is 6.76. The summed E-state index contributed by atoms with van der Waals surface area (Å²) in [5, 5.41) is 8.62. The van der Waals surface area contributed by atoms with E-state index in [2.05, 4.69) is 50.1 Å². The summed E-state index contributed by atoms with van der Waals surface area (Å²) >= 11 is 6.76. The minimum absolute atomic E-state index is 0.0997. The number of aryl methyl sites for hydroxylation is 1. The number of halogens is 1. The highest BCUT2D eigenvalue weighted by atomic mass is 35.5. The predicted octanol–water partition coefficient (Wildman–Crippen LogP) is 5.83. The molecule has 0 aliphatic carbocycles. The number of ether oxygens (including phenoxy) is 1. The summed E-state index contributed by atoms with van der Waals surface area (Å²) in [4.78, 5) is 17.1. The maximum Gasteiger partial charge on any atom is 0.148 e. The fraction of sp³-hybridized carbons (Fsp3) is 0.308. The third-order valence-corrected chi connectivity index (χ3v) is 6.88. The van der Waals surface area contributed by atoms with Gasteiger partial charge in [-0.25, -0.2) is 9.97 Å². The van der Waals surface area contributed by atoms with Gasteiger partial charge < -0.3 is 15.0 Å². The molecule has 0 radical (unpaired) electrons. The third kappa shape index (κ3) is 4.24. The summed E-state index contributed by atoms with van der Waals surface area (Å²) in [6, 6.07) is 9.75. The van der Waals surface area contributed by atoms with Crippen molar-refractivity contribution >= 4 is 33.7 Å². The van der Waals surface area contributed by atoms with Crippen molar-refractivity contribution in [3.63, 3.8) is 0 Å². The molecule has 2 aromatic carbocycles. The molecule has 1 unspecified atom stereocenters. The molecule has 8 nitrogen and oxygen atoms in total. The molecule has 0 amide bonds. The Balaban J connectivity index is 1.30. The molecule has 0 bridgehead atoms. The van der Waals surface area contributed by atoms with Gasteiger partial charge in [-0.2, -0.15) is 5.10 Å². The van der Waals surface area contributed by atoms with Crippen molar-refractivity contribution in [1.82, 2.24) is 35.0 Å². The second kappa shape index (κ2) is 8.32. The molecule has 6 rings (SSSR count). The van der Waals surface area contributed by atoms with Crippen molar-refractivity contribution in [1.29, 1.82) is 0 Å². The van der Waals surface area contributed by atoms with Crippen molar-refractivity contribution in [3.8, 4) is 22.8 Å². The summed E-state index contributed by atoms with van der Waals surface area (Å²) < 4.78 is 8.17. The van der Waals surface area contributed by atoms with E-state index >= 15 is 0 Å². The fourth-order valence-corrected chi connectivity index (χ4v) is 5.03. The van der Waals surface area contributed by atoms with Gasteiger partial charge in [0.05, 0.1) is 40.7 Å². The van der Waals surface area contributed by atoms with Crippen molar-refractivity contribution in [2.45, 2.75) is 45.2 Å². The Morgan fingerprint density at radius 2 is 1.97 bits per heavy atom. The van der Waals surface area contributed by atoms with Gasteiger partial charge in [-0.05, 0) is 64.4 Å². The van der Waals surface area contributed by atoms with E-state index in [4.69, 9.17) is 21.3 Å². The number of fused-ring (bicyclic) bond motifs is 2. The lowest BCUT2D eigenvalue weighted by molar-refractivity contribution is 0.221. The SMILES string of the molecule is Cc1nc2ccc(Oc3ccc4ncc(-c5cnn(C6CCNC(C)(C)C6)c5)nc4c3Cl)cc2[nH]1. The van der Waals surface area contributed by atoms with Gasteiger partial charge in [0, 0.05) is 23.4 Å². The van der Waals surface area contributed by atoms with Crippen molar-refractivity contribution in [3.05, 3.63) is 59.8 Å². The summed E-state index contributed by atoms with van der Waals surface area (Å²) in [5.41, 5.74) is 4.84. The lowest BCUT2D eigenvalue weighted by Crippen LogP contribution is -2.46. The number of hydrogen-bond donors (Lipinski definition) is 2. The van der Waals surface area contributed by atoms with Crippen LogP contribution in [0.1, 0.15) is 38.6 Å². The molecule has 0 saturated carbocycles. The standard InChI is InChI=1S/C26H26ClN7O/c1-15-31-19-5-4-18(10-21(19)32-15)35-23-7-6-20-25(24(23)27)33-22(13-28-20)16-12-30-34(14-16)17-8-9-29-26(2,3)11-17/h4-7,10,12-14,17,29H,8-9,11H2,1-3H3,(H,31,32). The van der Waals surface area contributed by atoms with E-state index in [-0.39, 0.29) is 5.54 Å². The van der Waals surface area contributed by atoms with Crippen LogP contribution in [0.15, 0.2) is 48.9 Å². The Hall–Kier alpha value is -3.49. The van der Waals surface area contributed by atoms with Crippen LogP contribution in [0.2, 0.25) is 5.02 Å². The van der Waals surface area contributed by atoms with Crippen molar-refractivity contribution in [2.75, 3.05) is 6.54 Å². The summed E-state index contributed by atoms with van der Waals surface area (Å²) in [7, 11) is 0. The van der Waals surface area contributed by atoms with E-state index in [0.29, 0.717) is 33.6 Å². The average Bonchev–Trinajstić information content (AvgIpc) is 3.46. The molecule has 178 valence electrons. The number of piperidine rings is 1. The van der Waals surface area contributed by atoms with Crippen LogP contribution in [0.4, 0.5) is 0 Å². The quantitative estimate of drug-likeness (QED) is 0.331. The van der Waals surface area contributed by atoms with Crippen LogP contribution < -0.4 is 10.1 Å². The van der Waals surface area contributed by atoms with Gasteiger partial charge in [0.2, 0.25) is 0 Å². The van der Waals surface area contributed by atoms with Crippen LogP contribution in [0.5, 0.6) is 11.5 Å². The minimum Gasteiger partial charge on any atom is -0.456 e. The van der Waals surface area contributed by atoms with E-state index in [1.807, 2.05) is 43.5 Å². The third-order valence-electron chi connectivity index (χ3n) is 6.52. The second-order valence-corrected chi connectivity index (χ2v) is 10.1. The molecule has 1 saturated heterocycles. The summed E-state index contributed by atoms with van der Waals surface area (Å²) in [6.07, 6.45) is 7.73. The van der Waals surface area contributed by atoms with E-state index in [1.54, 1.807) is 6.20 Å². The van der Waals surface area contributed by atoms with Crippen LogP contribution in [0.25, 0.3) is 33.3 Å². The van der Waals surface area contributed by atoms with Gasteiger partial charge in [0.1, 0.15) is 27.9 Å². The number of aromatic amines is 1. The summed E-state index contributed by atoms with van der Waals surface area (Å²) in [6.45, 7) is 7.37. The first-order valence-corrected chi connectivity index (χ1v) is 12.1. The van der Waals surface area contributed by atoms with Crippen LogP contribution >= 0.6 is 11.6 Å². The molecule has 3 aromatic heterocycles. The molecular weight excluding hydrogens is 462 g/mol. The van der Waals surface area contributed by atoms with Gasteiger partial charge in [-0.1, -0.05) is 11.6 Å². The first kappa shape index (κ1) is 22.0. The monoisotopic (exact) mass is 487 g/mol. The predicted molar refractivity (Wildman–Crippen MR) is 137 cm³/mol. The molecular formula is C26H26ClN7O. The van der Waals surface area contributed by atoms with E-state index < -0.39 is 0 Å². The van der Waals surface area contributed by atoms with Crippen LogP contribution in [0, 0.1) is 6.92 Å². The molecule has 1 atom stereocenters. The Kier molecular flexibility index (Phi) is 5.23.